The highest BCUT2D eigenvalue weighted by atomic mass is 32.2. The van der Waals surface area contributed by atoms with E-state index in [1.165, 1.54) is 23.1 Å². The van der Waals surface area contributed by atoms with Crippen molar-refractivity contribution in [1.82, 2.24) is 10.2 Å². The van der Waals surface area contributed by atoms with Gasteiger partial charge in [-0.2, -0.15) is 5.10 Å². The number of benzene rings is 1. The van der Waals surface area contributed by atoms with Crippen molar-refractivity contribution in [1.29, 1.82) is 0 Å². The topological polar surface area (TPSA) is 101 Å². The van der Waals surface area contributed by atoms with Crippen molar-refractivity contribution < 1.29 is 9.59 Å². The second-order valence-electron chi connectivity index (χ2n) is 5.58. The first-order valence-corrected chi connectivity index (χ1v) is 9.64. The van der Waals surface area contributed by atoms with Gasteiger partial charge in [0.15, 0.2) is 5.69 Å². The van der Waals surface area contributed by atoms with Crippen LogP contribution in [0.4, 0.5) is 5.00 Å². The minimum atomic E-state index is -0.565. The van der Waals surface area contributed by atoms with Gasteiger partial charge in [0.2, 0.25) is 0 Å². The second-order valence-corrected chi connectivity index (χ2v) is 7.95. The van der Waals surface area contributed by atoms with Crippen LogP contribution in [-0.2, 0) is 6.42 Å². The zero-order valence-electron chi connectivity index (χ0n) is 14.3. The molecule has 0 aliphatic rings. The zero-order chi connectivity index (χ0) is 18.7. The number of anilines is 1. The highest BCUT2D eigenvalue weighted by molar-refractivity contribution is 8.01. The Kier molecular flexibility index (Phi) is 5.43. The fraction of sp³-hybridized carbons (Fsp3) is 0.167. The summed E-state index contributed by atoms with van der Waals surface area (Å²) >= 11 is 2.87. The number of H-pyrrole nitrogens is 1. The lowest BCUT2D eigenvalue weighted by Gasteiger charge is -2.02. The summed E-state index contributed by atoms with van der Waals surface area (Å²) in [6.45, 7) is 3.80. The molecule has 0 atom stereocenters. The second kappa shape index (κ2) is 7.76. The Bertz CT molecular complexity index is 948. The third-order valence-electron chi connectivity index (χ3n) is 3.77. The van der Waals surface area contributed by atoms with Crippen LogP contribution in [0.15, 0.2) is 45.5 Å². The number of primary amides is 1. The van der Waals surface area contributed by atoms with E-state index in [-0.39, 0.29) is 11.6 Å². The number of amides is 2. The smallest absolute Gasteiger partial charge is 0.276 e. The molecular weight excluding hydrogens is 368 g/mol. The van der Waals surface area contributed by atoms with Crippen LogP contribution in [0.5, 0.6) is 0 Å². The fourth-order valence-electron chi connectivity index (χ4n) is 2.40. The van der Waals surface area contributed by atoms with E-state index in [2.05, 4.69) is 15.5 Å². The third-order valence-corrected chi connectivity index (χ3v) is 6.28. The van der Waals surface area contributed by atoms with Crippen LogP contribution >= 0.6 is 23.1 Å². The summed E-state index contributed by atoms with van der Waals surface area (Å²) in [7, 11) is 0. The van der Waals surface area contributed by atoms with E-state index >= 15 is 0 Å². The number of nitrogens with zero attached hydrogens (tertiary/aromatic N) is 1. The summed E-state index contributed by atoms with van der Waals surface area (Å²) in [5, 5.41) is 10.0. The van der Waals surface area contributed by atoms with Gasteiger partial charge >= 0.3 is 0 Å². The molecule has 0 aliphatic heterocycles. The molecule has 0 aliphatic carbocycles. The molecule has 0 radical (unpaired) electrons. The van der Waals surface area contributed by atoms with Crippen molar-refractivity contribution in [2.45, 2.75) is 29.4 Å². The van der Waals surface area contributed by atoms with E-state index < -0.39 is 5.91 Å². The van der Waals surface area contributed by atoms with E-state index in [1.54, 1.807) is 6.07 Å². The van der Waals surface area contributed by atoms with E-state index in [1.807, 2.05) is 44.2 Å². The maximum Gasteiger partial charge on any atom is 0.276 e. The first kappa shape index (κ1) is 18.2. The number of aromatic nitrogens is 2. The van der Waals surface area contributed by atoms with Crippen LogP contribution in [0.2, 0.25) is 0 Å². The number of thiophene rings is 1. The molecule has 8 heteroatoms. The number of rotatable bonds is 6. The molecule has 0 saturated carbocycles. The van der Waals surface area contributed by atoms with Gasteiger partial charge in [-0.05, 0) is 37.1 Å². The lowest BCUT2D eigenvalue weighted by atomic mass is 10.2. The van der Waals surface area contributed by atoms with Gasteiger partial charge < -0.3 is 11.1 Å². The van der Waals surface area contributed by atoms with Crippen molar-refractivity contribution >= 4 is 39.9 Å². The predicted octanol–water partition coefficient (Wildman–Crippen LogP) is 3.84. The molecule has 134 valence electrons. The quantitative estimate of drug-likeness (QED) is 0.599. The predicted molar refractivity (Wildman–Crippen MR) is 104 cm³/mol. The van der Waals surface area contributed by atoms with Crippen LogP contribution in [0, 0.1) is 6.92 Å². The average Bonchev–Trinajstić information content (AvgIpc) is 3.21. The molecule has 1 aromatic carbocycles. The lowest BCUT2D eigenvalue weighted by Crippen LogP contribution is -2.17. The summed E-state index contributed by atoms with van der Waals surface area (Å²) in [5.41, 5.74) is 7.80. The third kappa shape index (κ3) is 3.81. The van der Waals surface area contributed by atoms with Gasteiger partial charge in [0.05, 0.1) is 9.77 Å². The molecule has 0 saturated heterocycles. The Hall–Kier alpha value is -2.58. The van der Waals surface area contributed by atoms with Crippen molar-refractivity contribution in [3.63, 3.8) is 0 Å². The summed E-state index contributed by atoms with van der Waals surface area (Å²) in [5.74, 6) is -0.939. The minimum Gasteiger partial charge on any atom is -0.365 e. The molecule has 3 aromatic rings. The van der Waals surface area contributed by atoms with Crippen molar-refractivity contribution in [3.8, 4) is 0 Å². The van der Waals surface area contributed by atoms with Crippen molar-refractivity contribution in [3.05, 3.63) is 58.9 Å². The largest absolute Gasteiger partial charge is 0.365 e. The van der Waals surface area contributed by atoms with Crippen molar-refractivity contribution in [2.24, 2.45) is 5.73 Å². The molecule has 26 heavy (non-hydrogen) atoms. The molecule has 0 unspecified atom stereocenters. The van der Waals surface area contributed by atoms with E-state index in [0.29, 0.717) is 10.6 Å². The number of carbonyl (C=O) groups excluding carboxylic acids is 2. The number of nitrogens with two attached hydrogens (primary N) is 1. The van der Waals surface area contributed by atoms with Crippen LogP contribution in [0.3, 0.4) is 0 Å². The monoisotopic (exact) mass is 386 g/mol. The molecule has 6 nitrogen and oxygen atoms in total. The molecule has 2 amide bonds. The first-order valence-electron chi connectivity index (χ1n) is 8.01. The van der Waals surface area contributed by atoms with Gasteiger partial charge in [0, 0.05) is 10.6 Å². The normalized spacial score (nSPS) is 10.7. The Morgan fingerprint density at radius 2 is 2.04 bits per heavy atom. The number of nitrogens with one attached hydrogen (secondary N) is 2. The Morgan fingerprint density at radius 1 is 1.31 bits per heavy atom. The van der Waals surface area contributed by atoms with Crippen molar-refractivity contribution in [2.75, 3.05) is 5.32 Å². The molecule has 4 N–H and O–H groups in total. The van der Waals surface area contributed by atoms with Gasteiger partial charge in [-0.25, -0.2) is 0 Å². The van der Waals surface area contributed by atoms with Gasteiger partial charge in [0.1, 0.15) is 5.00 Å². The van der Waals surface area contributed by atoms with E-state index in [9.17, 15) is 9.59 Å². The average molecular weight is 387 g/mol. The number of hydrogen-bond acceptors (Lipinski definition) is 5. The Balaban J connectivity index is 1.89. The lowest BCUT2D eigenvalue weighted by molar-refractivity contribution is 0.100. The summed E-state index contributed by atoms with van der Waals surface area (Å²) in [4.78, 5) is 25.4. The maximum absolute atomic E-state index is 12.5. The number of aryl methyl sites for hydroxylation is 1. The highest BCUT2D eigenvalue weighted by Gasteiger charge is 2.22. The summed E-state index contributed by atoms with van der Waals surface area (Å²) in [6.07, 6.45) is 0.753. The molecule has 2 aromatic heterocycles. The van der Waals surface area contributed by atoms with Crippen LogP contribution in [0.1, 0.15) is 39.0 Å². The molecule has 0 fully saturated rings. The fourth-order valence-corrected chi connectivity index (χ4v) is 4.80. The highest BCUT2D eigenvalue weighted by Crippen LogP contribution is 2.42. The number of hydrogen-bond donors (Lipinski definition) is 3. The molecular formula is C18H18N4O2S2. The van der Waals surface area contributed by atoms with Crippen LogP contribution in [0.25, 0.3) is 0 Å². The number of aromatic amines is 1. The standard InChI is InChI=1S/C18H18N4O2S2/c1-3-11-9-13(22-21-11)16(24)20-17-14(15(19)23)10(2)18(26-17)25-12-7-5-4-6-8-12/h4-9H,3H2,1-2H3,(H2,19,23)(H,20,24)(H,21,22). The summed E-state index contributed by atoms with van der Waals surface area (Å²) < 4.78 is 0.913. The molecule has 2 heterocycles. The van der Waals surface area contributed by atoms with Gasteiger partial charge in [0.25, 0.3) is 11.8 Å². The Labute approximate surface area is 159 Å². The summed E-state index contributed by atoms with van der Waals surface area (Å²) in [6, 6.07) is 11.5. The molecule has 0 bridgehead atoms. The van der Waals surface area contributed by atoms with Gasteiger partial charge in [-0.1, -0.05) is 36.9 Å². The van der Waals surface area contributed by atoms with Gasteiger partial charge in [-0.15, -0.1) is 11.3 Å². The van der Waals surface area contributed by atoms with Crippen LogP contribution < -0.4 is 11.1 Å². The van der Waals surface area contributed by atoms with Crippen LogP contribution in [-0.4, -0.2) is 22.0 Å². The molecule has 0 spiro atoms. The minimum absolute atomic E-state index is 0.278. The maximum atomic E-state index is 12.5. The molecule has 3 rings (SSSR count). The Morgan fingerprint density at radius 3 is 2.65 bits per heavy atom. The first-order chi connectivity index (χ1) is 12.5. The zero-order valence-corrected chi connectivity index (χ0v) is 16.0. The van der Waals surface area contributed by atoms with E-state index in [0.717, 1.165) is 26.8 Å². The number of carbonyl (C=O) groups is 2. The van der Waals surface area contributed by atoms with Gasteiger partial charge in [-0.3, -0.25) is 14.7 Å². The SMILES string of the molecule is CCc1cc(C(=O)Nc2sc(Sc3ccccc3)c(C)c2C(N)=O)n[nH]1. The van der Waals surface area contributed by atoms with E-state index in [4.69, 9.17) is 5.73 Å².